The molecule has 1 aliphatic heterocycles. The number of rotatable bonds is 6. The number of piperidine rings is 1. The average Bonchev–Trinajstić information content (AvgIpc) is 3.03. The highest BCUT2D eigenvalue weighted by Gasteiger charge is 2.37. The number of furan rings is 1. The highest BCUT2D eigenvalue weighted by atomic mass is 16.3. The molecule has 21 heavy (non-hydrogen) atoms. The van der Waals surface area contributed by atoms with Gasteiger partial charge in [0, 0.05) is 18.5 Å². The van der Waals surface area contributed by atoms with Crippen LogP contribution in [0.5, 0.6) is 0 Å². The second-order valence-electron chi connectivity index (χ2n) is 6.99. The molecule has 1 aromatic rings. The first-order chi connectivity index (χ1) is 10.2. The maximum atomic E-state index is 6.19. The predicted molar refractivity (Wildman–Crippen MR) is 86.3 cm³/mol. The molecule has 1 aliphatic carbocycles. The molecule has 0 bridgehead atoms. The Bertz CT molecular complexity index is 454. The van der Waals surface area contributed by atoms with Crippen molar-refractivity contribution in [1.82, 2.24) is 4.90 Å². The summed E-state index contributed by atoms with van der Waals surface area (Å²) in [5.41, 5.74) is 6.12. The zero-order valence-electron chi connectivity index (χ0n) is 13.6. The van der Waals surface area contributed by atoms with Gasteiger partial charge in [0.15, 0.2) is 0 Å². The van der Waals surface area contributed by atoms with Gasteiger partial charge in [0.25, 0.3) is 0 Å². The summed E-state index contributed by atoms with van der Waals surface area (Å²) in [4.78, 5) is 2.62. The standard InChI is InChI=1S/C18H30N2O/c1-3-6-14-7-4-5-10-20(14)16(12-19)18-9-8-17(21-18)15-11-13(15)2/h8-9,13-16H,3-7,10-12,19H2,1-2H3. The van der Waals surface area contributed by atoms with Gasteiger partial charge in [-0.1, -0.05) is 26.7 Å². The maximum Gasteiger partial charge on any atom is 0.122 e. The third kappa shape index (κ3) is 3.19. The van der Waals surface area contributed by atoms with Crippen LogP contribution in [-0.2, 0) is 0 Å². The lowest BCUT2D eigenvalue weighted by Gasteiger charge is -2.40. The molecule has 2 heterocycles. The fourth-order valence-corrected chi connectivity index (χ4v) is 3.96. The normalized spacial score (nSPS) is 31.3. The molecule has 2 fully saturated rings. The molecule has 3 nitrogen and oxygen atoms in total. The van der Waals surface area contributed by atoms with E-state index >= 15 is 0 Å². The van der Waals surface area contributed by atoms with Crippen molar-refractivity contribution in [3.8, 4) is 0 Å². The van der Waals surface area contributed by atoms with Crippen molar-refractivity contribution in [3.63, 3.8) is 0 Å². The van der Waals surface area contributed by atoms with E-state index in [1.807, 2.05) is 0 Å². The molecule has 3 rings (SSSR count). The molecule has 1 aromatic heterocycles. The first-order valence-electron chi connectivity index (χ1n) is 8.80. The quantitative estimate of drug-likeness (QED) is 0.859. The molecule has 1 saturated carbocycles. The lowest BCUT2D eigenvalue weighted by atomic mass is 9.95. The molecule has 3 heteroatoms. The van der Waals surface area contributed by atoms with Gasteiger partial charge in [-0.15, -0.1) is 0 Å². The van der Waals surface area contributed by atoms with E-state index in [9.17, 15) is 0 Å². The van der Waals surface area contributed by atoms with Crippen molar-refractivity contribution in [3.05, 3.63) is 23.7 Å². The third-order valence-corrected chi connectivity index (χ3v) is 5.37. The Hall–Kier alpha value is -0.800. The van der Waals surface area contributed by atoms with E-state index in [1.165, 1.54) is 50.8 Å². The maximum absolute atomic E-state index is 6.19. The molecule has 118 valence electrons. The third-order valence-electron chi connectivity index (χ3n) is 5.37. The van der Waals surface area contributed by atoms with E-state index in [-0.39, 0.29) is 6.04 Å². The SMILES string of the molecule is CCCC1CCCCN1C(CN)c1ccc(C2CC2C)o1. The van der Waals surface area contributed by atoms with E-state index in [0.717, 1.165) is 11.7 Å². The fourth-order valence-electron chi connectivity index (χ4n) is 3.96. The van der Waals surface area contributed by atoms with Crippen molar-refractivity contribution < 1.29 is 4.42 Å². The molecular weight excluding hydrogens is 260 g/mol. The summed E-state index contributed by atoms with van der Waals surface area (Å²) >= 11 is 0. The smallest absolute Gasteiger partial charge is 0.122 e. The lowest BCUT2D eigenvalue weighted by Crippen LogP contribution is -2.44. The predicted octanol–water partition coefficient (Wildman–Crippen LogP) is 4.06. The van der Waals surface area contributed by atoms with Gasteiger partial charge in [0.1, 0.15) is 11.5 Å². The number of hydrogen-bond acceptors (Lipinski definition) is 3. The van der Waals surface area contributed by atoms with Gasteiger partial charge in [-0.25, -0.2) is 0 Å². The Morgan fingerprint density at radius 2 is 2.19 bits per heavy atom. The molecule has 2 N–H and O–H groups in total. The largest absolute Gasteiger partial charge is 0.464 e. The number of likely N-dealkylation sites (tertiary alicyclic amines) is 1. The monoisotopic (exact) mass is 290 g/mol. The zero-order valence-corrected chi connectivity index (χ0v) is 13.6. The minimum absolute atomic E-state index is 0.268. The van der Waals surface area contributed by atoms with Crippen molar-refractivity contribution in [2.75, 3.05) is 13.1 Å². The Balaban J connectivity index is 1.74. The molecule has 4 atom stereocenters. The number of nitrogens with two attached hydrogens (primary N) is 1. The van der Waals surface area contributed by atoms with E-state index in [0.29, 0.717) is 18.5 Å². The molecule has 0 radical (unpaired) electrons. The van der Waals surface area contributed by atoms with E-state index in [2.05, 4.69) is 30.9 Å². The topological polar surface area (TPSA) is 42.4 Å². The van der Waals surface area contributed by atoms with Crippen molar-refractivity contribution in [2.24, 2.45) is 11.7 Å². The van der Waals surface area contributed by atoms with Crippen LogP contribution in [0.3, 0.4) is 0 Å². The molecule has 0 aromatic carbocycles. The van der Waals surface area contributed by atoms with Crippen LogP contribution in [0.25, 0.3) is 0 Å². The Morgan fingerprint density at radius 1 is 1.38 bits per heavy atom. The van der Waals surface area contributed by atoms with Gasteiger partial charge >= 0.3 is 0 Å². The molecule has 1 saturated heterocycles. The second kappa shape index (κ2) is 6.53. The van der Waals surface area contributed by atoms with Crippen LogP contribution in [0.1, 0.15) is 75.9 Å². The van der Waals surface area contributed by atoms with E-state index < -0.39 is 0 Å². The Labute approximate surface area is 128 Å². The van der Waals surface area contributed by atoms with Crippen molar-refractivity contribution in [2.45, 2.75) is 70.4 Å². The van der Waals surface area contributed by atoms with Crippen LogP contribution >= 0.6 is 0 Å². The van der Waals surface area contributed by atoms with Gasteiger partial charge in [-0.2, -0.15) is 0 Å². The van der Waals surface area contributed by atoms with Crippen LogP contribution < -0.4 is 5.73 Å². The summed E-state index contributed by atoms with van der Waals surface area (Å²) in [5.74, 6) is 3.72. The Kier molecular flexibility index (Phi) is 4.70. The summed E-state index contributed by atoms with van der Waals surface area (Å²) in [6, 6.07) is 5.32. The van der Waals surface area contributed by atoms with Crippen molar-refractivity contribution >= 4 is 0 Å². The van der Waals surface area contributed by atoms with Gasteiger partial charge < -0.3 is 10.2 Å². The summed E-state index contributed by atoms with van der Waals surface area (Å²) < 4.78 is 6.19. The second-order valence-corrected chi connectivity index (χ2v) is 6.99. The van der Waals surface area contributed by atoms with Crippen LogP contribution in [-0.4, -0.2) is 24.0 Å². The van der Waals surface area contributed by atoms with Crippen LogP contribution in [0.15, 0.2) is 16.5 Å². The minimum atomic E-state index is 0.268. The van der Waals surface area contributed by atoms with Gasteiger partial charge in [0.05, 0.1) is 6.04 Å². The number of nitrogens with zero attached hydrogens (tertiary/aromatic N) is 1. The van der Waals surface area contributed by atoms with E-state index in [4.69, 9.17) is 10.2 Å². The highest BCUT2D eigenvalue weighted by Crippen LogP contribution is 2.48. The van der Waals surface area contributed by atoms with Crippen LogP contribution in [0, 0.1) is 5.92 Å². The summed E-state index contributed by atoms with van der Waals surface area (Å²) in [6.45, 7) is 6.41. The van der Waals surface area contributed by atoms with Crippen molar-refractivity contribution in [1.29, 1.82) is 0 Å². The summed E-state index contributed by atoms with van der Waals surface area (Å²) in [7, 11) is 0. The van der Waals surface area contributed by atoms with Crippen LogP contribution in [0.2, 0.25) is 0 Å². The molecule has 4 unspecified atom stereocenters. The molecule has 2 aliphatic rings. The molecular formula is C18H30N2O. The lowest BCUT2D eigenvalue weighted by molar-refractivity contribution is 0.0793. The molecule has 0 amide bonds. The first kappa shape index (κ1) is 15.1. The van der Waals surface area contributed by atoms with Gasteiger partial charge in [-0.3, -0.25) is 4.90 Å². The zero-order chi connectivity index (χ0) is 14.8. The average molecular weight is 290 g/mol. The minimum Gasteiger partial charge on any atom is -0.464 e. The first-order valence-corrected chi connectivity index (χ1v) is 8.80. The van der Waals surface area contributed by atoms with Gasteiger partial charge in [-0.05, 0) is 50.3 Å². The fraction of sp³-hybridized carbons (Fsp3) is 0.778. The van der Waals surface area contributed by atoms with E-state index in [1.54, 1.807) is 0 Å². The Morgan fingerprint density at radius 3 is 2.86 bits per heavy atom. The highest BCUT2D eigenvalue weighted by molar-refractivity contribution is 5.19. The van der Waals surface area contributed by atoms with Crippen LogP contribution in [0.4, 0.5) is 0 Å². The molecule has 0 spiro atoms. The number of hydrogen-bond donors (Lipinski definition) is 1. The van der Waals surface area contributed by atoms with Gasteiger partial charge in [0.2, 0.25) is 0 Å². The summed E-state index contributed by atoms with van der Waals surface area (Å²) in [5, 5.41) is 0. The summed E-state index contributed by atoms with van der Waals surface area (Å²) in [6.07, 6.45) is 7.79.